The number of aromatic nitrogens is 1. The topological polar surface area (TPSA) is 89.3 Å². The molecule has 1 saturated carbocycles. The number of nitrogens with two attached hydrogens (primary N) is 1. The molecule has 0 radical (unpaired) electrons. The lowest BCUT2D eigenvalue weighted by Gasteiger charge is -2.25. The number of hydrogen-bond acceptors (Lipinski definition) is 6. The van der Waals surface area contributed by atoms with Gasteiger partial charge in [-0.2, -0.15) is 0 Å². The Labute approximate surface area is 122 Å². The first kappa shape index (κ1) is 13.6. The molecule has 0 aromatic carbocycles. The minimum absolute atomic E-state index is 0.117. The molecule has 4 N–H and O–H groups in total. The molecule has 7 heteroatoms. The molecule has 2 heterocycles. The van der Waals surface area contributed by atoms with Gasteiger partial charge in [-0.05, 0) is 32.1 Å². The van der Waals surface area contributed by atoms with Crippen LogP contribution in [0.3, 0.4) is 0 Å². The molecule has 2 aliphatic rings. The zero-order valence-corrected chi connectivity index (χ0v) is 12.2. The SMILES string of the molecule is Nc1nc(NC2CCC2)sc1C(=O)NC1CCOCC1. The fourth-order valence-corrected chi connectivity index (χ4v) is 3.24. The van der Waals surface area contributed by atoms with Gasteiger partial charge >= 0.3 is 0 Å². The van der Waals surface area contributed by atoms with Crippen molar-refractivity contribution in [2.75, 3.05) is 24.3 Å². The Morgan fingerprint density at radius 1 is 1.25 bits per heavy atom. The van der Waals surface area contributed by atoms with E-state index in [0.717, 1.165) is 18.0 Å². The molecule has 2 fully saturated rings. The van der Waals surface area contributed by atoms with Crippen molar-refractivity contribution in [1.82, 2.24) is 10.3 Å². The van der Waals surface area contributed by atoms with Crippen LogP contribution in [0.15, 0.2) is 0 Å². The number of thiazole rings is 1. The van der Waals surface area contributed by atoms with E-state index in [2.05, 4.69) is 15.6 Å². The summed E-state index contributed by atoms with van der Waals surface area (Å²) in [5.41, 5.74) is 5.86. The molecule has 1 aromatic heterocycles. The van der Waals surface area contributed by atoms with Crippen molar-refractivity contribution in [3.63, 3.8) is 0 Å². The second-order valence-corrected chi connectivity index (χ2v) is 6.36. The van der Waals surface area contributed by atoms with Crippen LogP contribution >= 0.6 is 11.3 Å². The lowest BCUT2D eigenvalue weighted by molar-refractivity contribution is 0.0698. The average molecular weight is 296 g/mol. The van der Waals surface area contributed by atoms with E-state index in [0.29, 0.717) is 30.0 Å². The Morgan fingerprint density at radius 2 is 2.00 bits per heavy atom. The molecule has 0 atom stereocenters. The quantitative estimate of drug-likeness (QED) is 0.785. The van der Waals surface area contributed by atoms with Gasteiger partial charge in [-0.25, -0.2) is 4.98 Å². The van der Waals surface area contributed by atoms with Crippen LogP contribution in [-0.2, 0) is 4.74 Å². The highest BCUT2D eigenvalue weighted by molar-refractivity contribution is 7.18. The molecule has 0 bridgehead atoms. The third-order valence-electron chi connectivity index (χ3n) is 3.85. The number of anilines is 2. The van der Waals surface area contributed by atoms with Gasteiger partial charge in [-0.3, -0.25) is 4.79 Å². The van der Waals surface area contributed by atoms with Crippen LogP contribution < -0.4 is 16.4 Å². The maximum Gasteiger partial charge on any atom is 0.265 e. The predicted molar refractivity (Wildman–Crippen MR) is 79.1 cm³/mol. The van der Waals surface area contributed by atoms with Gasteiger partial charge in [0.25, 0.3) is 5.91 Å². The van der Waals surface area contributed by atoms with Crippen LogP contribution in [0.2, 0.25) is 0 Å². The van der Waals surface area contributed by atoms with Crippen molar-refractivity contribution >= 4 is 28.2 Å². The normalized spacial score (nSPS) is 20.4. The van der Waals surface area contributed by atoms with Gasteiger partial charge < -0.3 is 21.1 Å². The summed E-state index contributed by atoms with van der Waals surface area (Å²) in [6.45, 7) is 1.41. The van der Waals surface area contributed by atoms with E-state index < -0.39 is 0 Å². The number of nitrogens with zero attached hydrogens (tertiary/aromatic N) is 1. The molecule has 110 valence electrons. The number of nitrogens with one attached hydrogen (secondary N) is 2. The average Bonchev–Trinajstić information content (AvgIpc) is 2.76. The number of hydrogen-bond donors (Lipinski definition) is 3. The number of carbonyl (C=O) groups excluding carboxylic acids is 1. The Hall–Kier alpha value is -1.34. The van der Waals surface area contributed by atoms with Gasteiger partial charge in [0.2, 0.25) is 0 Å². The van der Waals surface area contributed by atoms with E-state index in [4.69, 9.17) is 10.5 Å². The molecule has 1 saturated heterocycles. The molecule has 20 heavy (non-hydrogen) atoms. The fraction of sp³-hybridized carbons (Fsp3) is 0.692. The van der Waals surface area contributed by atoms with Crippen molar-refractivity contribution in [3.05, 3.63) is 4.88 Å². The Morgan fingerprint density at radius 3 is 2.65 bits per heavy atom. The minimum Gasteiger partial charge on any atom is -0.382 e. The molecule has 0 spiro atoms. The van der Waals surface area contributed by atoms with Crippen LogP contribution in [0.4, 0.5) is 10.9 Å². The van der Waals surface area contributed by atoms with Crippen molar-refractivity contribution in [3.8, 4) is 0 Å². The fourth-order valence-electron chi connectivity index (χ4n) is 2.38. The van der Waals surface area contributed by atoms with E-state index in [9.17, 15) is 4.79 Å². The molecule has 1 aliphatic carbocycles. The molecule has 3 rings (SSSR count). The smallest absolute Gasteiger partial charge is 0.265 e. The summed E-state index contributed by atoms with van der Waals surface area (Å²) in [5.74, 6) is 0.204. The van der Waals surface area contributed by atoms with Gasteiger partial charge in [-0.15, -0.1) is 0 Å². The van der Waals surface area contributed by atoms with Crippen LogP contribution in [-0.4, -0.2) is 36.2 Å². The van der Waals surface area contributed by atoms with Gasteiger partial charge in [0.1, 0.15) is 10.7 Å². The number of carbonyl (C=O) groups is 1. The number of amides is 1. The first-order valence-corrected chi connectivity index (χ1v) is 7.95. The number of rotatable bonds is 4. The zero-order chi connectivity index (χ0) is 13.9. The minimum atomic E-state index is -0.117. The summed E-state index contributed by atoms with van der Waals surface area (Å²) in [6, 6.07) is 0.674. The second kappa shape index (κ2) is 5.97. The van der Waals surface area contributed by atoms with Gasteiger partial charge in [-0.1, -0.05) is 11.3 Å². The van der Waals surface area contributed by atoms with E-state index in [1.54, 1.807) is 0 Å². The van der Waals surface area contributed by atoms with Gasteiger partial charge in [0.15, 0.2) is 5.13 Å². The maximum absolute atomic E-state index is 12.2. The van der Waals surface area contributed by atoms with Crippen molar-refractivity contribution in [2.45, 2.75) is 44.2 Å². The monoisotopic (exact) mass is 296 g/mol. The summed E-state index contributed by atoms with van der Waals surface area (Å²) in [5, 5.41) is 7.09. The highest BCUT2D eigenvalue weighted by Gasteiger charge is 2.23. The second-order valence-electron chi connectivity index (χ2n) is 5.37. The Kier molecular flexibility index (Phi) is 4.07. The van der Waals surface area contributed by atoms with Crippen molar-refractivity contribution in [2.24, 2.45) is 0 Å². The Balaban J connectivity index is 1.61. The molecular formula is C13H20N4O2S. The van der Waals surface area contributed by atoms with Crippen molar-refractivity contribution < 1.29 is 9.53 Å². The standard InChI is InChI=1S/C13H20N4O2S/c14-11-10(12(18)15-9-4-6-19-7-5-9)20-13(17-11)16-8-2-1-3-8/h8-9H,1-7,14H2,(H,15,18)(H,16,17). The van der Waals surface area contributed by atoms with Crippen LogP contribution in [0.25, 0.3) is 0 Å². The van der Waals surface area contributed by atoms with E-state index in [1.165, 1.54) is 30.6 Å². The summed E-state index contributed by atoms with van der Waals surface area (Å²) in [4.78, 5) is 17.0. The molecular weight excluding hydrogens is 276 g/mol. The van der Waals surface area contributed by atoms with E-state index in [-0.39, 0.29) is 11.9 Å². The van der Waals surface area contributed by atoms with Crippen LogP contribution in [0, 0.1) is 0 Å². The van der Waals surface area contributed by atoms with Gasteiger partial charge in [0.05, 0.1) is 0 Å². The van der Waals surface area contributed by atoms with Crippen LogP contribution in [0.5, 0.6) is 0 Å². The lowest BCUT2D eigenvalue weighted by atomic mass is 9.93. The molecule has 1 aromatic rings. The number of nitrogen functional groups attached to an aromatic ring is 1. The first-order valence-electron chi connectivity index (χ1n) is 7.14. The van der Waals surface area contributed by atoms with E-state index >= 15 is 0 Å². The summed E-state index contributed by atoms with van der Waals surface area (Å²) in [6.07, 6.45) is 5.32. The van der Waals surface area contributed by atoms with Crippen LogP contribution in [0.1, 0.15) is 41.8 Å². The lowest BCUT2D eigenvalue weighted by Crippen LogP contribution is -2.38. The van der Waals surface area contributed by atoms with Gasteiger partial charge in [0, 0.05) is 25.3 Å². The maximum atomic E-state index is 12.2. The molecule has 0 unspecified atom stereocenters. The largest absolute Gasteiger partial charge is 0.382 e. The highest BCUT2D eigenvalue weighted by Crippen LogP contribution is 2.29. The number of ether oxygens (including phenoxy) is 1. The van der Waals surface area contributed by atoms with Crippen molar-refractivity contribution in [1.29, 1.82) is 0 Å². The van der Waals surface area contributed by atoms with E-state index in [1.807, 2.05) is 0 Å². The predicted octanol–water partition coefficient (Wildman–Crippen LogP) is 1.60. The summed E-state index contributed by atoms with van der Waals surface area (Å²) in [7, 11) is 0. The third-order valence-corrected chi connectivity index (χ3v) is 4.85. The zero-order valence-electron chi connectivity index (χ0n) is 11.4. The first-order chi connectivity index (χ1) is 9.72. The Bertz CT molecular complexity index is 481. The third kappa shape index (κ3) is 3.04. The molecule has 1 aliphatic heterocycles. The summed E-state index contributed by atoms with van der Waals surface area (Å²) < 4.78 is 5.28. The highest BCUT2D eigenvalue weighted by atomic mass is 32.1. The molecule has 1 amide bonds. The summed E-state index contributed by atoms with van der Waals surface area (Å²) >= 11 is 1.34. The molecule has 6 nitrogen and oxygen atoms in total.